The van der Waals surface area contributed by atoms with Crippen molar-refractivity contribution in [3.8, 4) is 0 Å². The van der Waals surface area contributed by atoms with Crippen LogP contribution in [0, 0.1) is 5.92 Å². The molecule has 0 radical (unpaired) electrons. The summed E-state index contributed by atoms with van der Waals surface area (Å²) in [6.45, 7) is 8.03. The summed E-state index contributed by atoms with van der Waals surface area (Å²) in [6.07, 6.45) is 1.65. The van der Waals surface area contributed by atoms with Gasteiger partial charge in [-0.05, 0) is 29.5 Å². The summed E-state index contributed by atoms with van der Waals surface area (Å²) < 4.78 is 0. The van der Waals surface area contributed by atoms with E-state index in [1.807, 2.05) is 0 Å². The molecular formula is C24H31N3O. The molecule has 148 valence electrons. The van der Waals surface area contributed by atoms with Crippen LogP contribution in [0.3, 0.4) is 0 Å². The first kappa shape index (κ1) is 19.0. The summed E-state index contributed by atoms with van der Waals surface area (Å²) in [5.41, 5.74) is 4.07. The number of nitrogens with one attached hydrogen (secondary N) is 1. The Kier molecular flexibility index (Phi) is 5.67. The highest BCUT2D eigenvalue weighted by atomic mass is 16.1. The van der Waals surface area contributed by atoms with E-state index < -0.39 is 0 Å². The number of para-hydroxylation sites is 1. The van der Waals surface area contributed by atoms with Gasteiger partial charge in [-0.2, -0.15) is 0 Å². The van der Waals surface area contributed by atoms with Crippen molar-refractivity contribution in [1.29, 1.82) is 0 Å². The number of carbonyl (C=O) groups excluding carboxylic acids is 1. The summed E-state index contributed by atoms with van der Waals surface area (Å²) in [6, 6.07) is 20.2. The van der Waals surface area contributed by atoms with Crippen LogP contribution >= 0.6 is 0 Å². The van der Waals surface area contributed by atoms with E-state index in [9.17, 15) is 4.79 Å². The Hall–Kier alpha value is -2.33. The third-order valence-electron chi connectivity index (χ3n) is 5.84. The first-order valence-electron chi connectivity index (χ1n) is 10.5. The minimum absolute atomic E-state index is 0.194. The molecule has 0 spiro atoms. The highest BCUT2D eigenvalue weighted by Crippen LogP contribution is 2.32. The number of carbonyl (C=O) groups is 1. The van der Waals surface area contributed by atoms with E-state index in [2.05, 4.69) is 83.6 Å². The molecule has 2 heterocycles. The molecule has 2 aromatic carbocycles. The van der Waals surface area contributed by atoms with Crippen LogP contribution in [0.2, 0.25) is 0 Å². The molecule has 1 amide bonds. The summed E-state index contributed by atoms with van der Waals surface area (Å²) in [4.78, 5) is 17.3. The van der Waals surface area contributed by atoms with Gasteiger partial charge < -0.3 is 10.2 Å². The minimum Gasteiger partial charge on any atom is -0.365 e. The monoisotopic (exact) mass is 377 g/mol. The average Bonchev–Trinajstić information content (AvgIpc) is 2.96. The molecule has 0 aromatic heterocycles. The van der Waals surface area contributed by atoms with Crippen molar-refractivity contribution in [3.05, 3.63) is 65.7 Å². The number of rotatable bonds is 5. The Bertz CT molecular complexity index is 805. The van der Waals surface area contributed by atoms with Gasteiger partial charge in [-0.3, -0.25) is 9.69 Å². The van der Waals surface area contributed by atoms with Crippen LogP contribution < -0.4 is 10.2 Å². The zero-order valence-corrected chi connectivity index (χ0v) is 17.0. The predicted molar refractivity (Wildman–Crippen MR) is 114 cm³/mol. The highest BCUT2D eigenvalue weighted by Gasteiger charge is 2.36. The van der Waals surface area contributed by atoms with Gasteiger partial charge in [-0.1, -0.05) is 62.4 Å². The number of fused-ring (bicyclic) bond motifs is 2. The van der Waals surface area contributed by atoms with Crippen molar-refractivity contribution in [2.24, 2.45) is 5.92 Å². The van der Waals surface area contributed by atoms with Gasteiger partial charge in [-0.25, -0.2) is 0 Å². The van der Waals surface area contributed by atoms with Crippen molar-refractivity contribution in [3.63, 3.8) is 0 Å². The Morgan fingerprint density at radius 3 is 2.61 bits per heavy atom. The van der Waals surface area contributed by atoms with Gasteiger partial charge in [-0.15, -0.1) is 0 Å². The topological polar surface area (TPSA) is 35.6 Å². The third-order valence-corrected chi connectivity index (χ3v) is 5.84. The molecule has 0 bridgehead atoms. The van der Waals surface area contributed by atoms with Crippen molar-refractivity contribution >= 4 is 11.6 Å². The van der Waals surface area contributed by atoms with E-state index in [0.29, 0.717) is 18.4 Å². The summed E-state index contributed by atoms with van der Waals surface area (Å²) in [5, 5.41) is 3.28. The summed E-state index contributed by atoms with van der Waals surface area (Å²) in [7, 11) is 0. The molecule has 2 aliphatic rings. The van der Waals surface area contributed by atoms with E-state index in [0.717, 1.165) is 32.6 Å². The van der Waals surface area contributed by atoms with Crippen molar-refractivity contribution in [2.45, 2.75) is 51.9 Å². The SMILES string of the molecule is CC(C)CC(=O)N[C@H]1C[C@H]2CN(Cc3ccccc3)c3ccccc3CN2C1. The van der Waals surface area contributed by atoms with Crippen LogP contribution in [0.15, 0.2) is 54.6 Å². The lowest BCUT2D eigenvalue weighted by Gasteiger charge is -2.28. The maximum atomic E-state index is 12.2. The van der Waals surface area contributed by atoms with Gasteiger partial charge in [0.15, 0.2) is 0 Å². The molecule has 0 saturated carbocycles. The maximum Gasteiger partial charge on any atom is 0.220 e. The molecule has 4 heteroatoms. The Morgan fingerprint density at radius 2 is 1.82 bits per heavy atom. The van der Waals surface area contributed by atoms with E-state index in [1.165, 1.54) is 16.8 Å². The zero-order chi connectivity index (χ0) is 19.5. The molecule has 0 aliphatic carbocycles. The molecule has 1 N–H and O–H groups in total. The number of hydrogen-bond acceptors (Lipinski definition) is 3. The van der Waals surface area contributed by atoms with Gasteiger partial charge in [0.25, 0.3) is 0 Å². The normalized spacial score (nSPS) is 21.9. The predicted octanol–water partition coefficient (Wildman–Crippen LogP) is 3.81. The Labute approximate surface area is 168 Å². The Morgan fingerprint density at radius 1 is 1.07 bits per heavy atom. The van der Waals surface area contributed by atoms with Crippen LogP contribution in [-0.4, -0.2) is 36.0 Å². The number of anilines is 1. The van der Waals surface area contributed by atoms with Crippen LogP contribution in [0.25, 0.3) is 0 Å². The van der Waals surface area contributed by atoms with Gasteiger partial charge in [0.2, 0.25) is 5.91 Å². The second-order valence-corrected chi connectivity index (χ2v) is 8.68. The van der Waals surface area contributed by atoms with E-state index in [-0.39, 0.29) is 11.9 Å². The quantitative estimate of drug-likeness (QED) is 0.861. The van der Waals surface area contributed by atoms with Crippen molar-refractivity contribution in [2.75, 3.05) is 18.0 Å². The lowest BCUT2D eigenvalue weighted by Crippen LogP contribution is -2.37. The van der Waals surface area contributed by atoms with Gasteiger partial charge in [0, 0.05) is 50.4 Å². The molecular weight excluding hydrogens is 346 g/mol. The minimum atomic E-state index is 0.194. The van der Waals surface area contributed by atoms with Crippen LogP contribution in [0.1, 0.15) is 37.8 Å². The fraction of sp³-hybridized carbons (Fsp3) is 0.458. The first-order valence-corrected chi connectivity index (χ1v) is 10.5. The fourth-order valence-electron chi connectivity index (χ4n) is 4.61. The van der Waals surface area contributed by atoms with Gasteiger partial charge in [0.1, 0.15) is 0 Å². The smallest absolute Gasteiger partial charge is 0.220 e. The van der Waals surface area contributed by atoms with Crippen molar-refractivity contribution < 1.29 is 4.79 Å². The molecule has 0 unspecified atom stereocenters. The zero-order valence-electron chi connectivity index (χ0n) is 17.0. The van der Waals surface area contributed by atoms with Crippen LogP contribution in [0.5, 0.6) is 0 Å². The number of amides is 1. The molecule has 1 saturated heterocycles. The Balaban J connectivity index is 1.51. The molecule has 4 nitrogen and oxygen atoms in total. The average molecular weight is 378 g/mol. The van der Waals surface area contributed by atoms with Gasteiger partial charge in [0.05, 0.1) is 0 Å². The summed E-state index contributed by atoms with van der Waals surface area (Å²) >= 11 is 0. The van der Waals surface area contributed by atoms with E-state index >= 15 is 0 Å². The molecule has 2 aromatic rings. The molecule has 2 aliphatic heterocycles. The van der Waals surface area contributed by atoms with Crippen LogP contribution in [0.4, 0.5) is 5.69 Å². The maximum absolute atomic E-state index is 12.2. The standard InChI is InChI=1S/C24H31N3O/c1-18(2)12-24(28)25-21-13-22-17-27(14-19-8-4-3-5-9-19)23-11-7-6-10-20(23)15-26(22)16-21/h3-11,18,21-22H,12-17H2,1-2H3,(H,25,28)/t21-,22-/m0/s1. The van der Waals surface area contributed by atoms with Gasteiger partial charge >= 0.3 is 0 Å². The highest BCUT2D eigenvalue weighted by molar-refractivity contribution is 5.76. The number of benzene rings is 2. The van der Waals surface area contributed by atoms with E-state index in [4.69, 9.17) is 0 Å². The second-order valence-electron chi connectivity index (χ2n) is 8.68. The molecule has 28 heavy (non-hydrogen) atoms. The third kappa shape index (κ3) is 4.39. The lowest BCUT2D eigenvalue weighted by molar-refractivity contribution is -0.122. The lowest BCUT2D eigenvalue weighted by atomic mass is 10.1. The largest absolute Gasteiger partial charge is 0.365 e. The first-order chi connectivity index (χ1) is 13.6. The fourth-order valence-corrected chi connectivity index (χ4v) is 4.61. The van der Waals surface area contributed by atoms with Crippen molar-refractivity contribution in [1.82, 2.24) is 10.2 Å². The van der Waals surface area contributed by atoms with Crippen LogP contribution in [-0.2, 0) is 17.9 Å². The summed E-state index contributed by atoms with van der Waals surface area (Å²) in [5.74, 6) is 0.597. The number of hydrogen-bond donors (Lipinski definition) is 1. The number of nitrogens with zero attached hydrogens (tertiary/aromatic N) is 2. The molecule has 4 rings (SSSR count). The van der Waals surface area contributed by atoms with E-state index in [1.54, 1.807) is 0 Å². The second kappa shape index (κ2) is 8.36. The molecule has 2 atom stereocenters. The molecule has 1 fully saturated rings.